The van der Waals surface area contributed by atoms with Crippen LogP contribution in [0.15, 0.2) is 0 Å². The number of amides is 2. The summed E-state index contributed by atoms with van der Waals surface area (Å²) in [6, 6.07) is -3.27. The fourth-order valence-corrected chi connectivity index (χ4v) is 1.32. The molecule has 0 bridgehead atoms. The van der Waals surface area contributed by atoms with E-state index in [1.807, 2.05) is 0 Å². The molecule has 0 aliphatic heterocycles. The highest BCUT2D eigenvalue weighted by Gasteiger charge is 2.25. The number of thiol groups is 1. The van der Waals surface area contributed by atoms with Crippen LogP contribution in [-0.4, -0.2) is 58.0 Å². The average Bonchev–Trinajstić information content (AvgIpc) is 2.33. The number of hydrogen-bond acceptors (Lipinski definition) is 6. The maximum Gasteiger partial charge on any atom is 0.327 e. The number of hydrogen-bond donors (Lipinski definition) is 6. The van der Waals surface area contributed by atoms with Gasteiger partial charge < -0.3 is 26.6 Å². The van der Waals surface area contributed by atoms with Crippen LogP contribution >= 0.6 is 12.6 Å². The molecule has 0 heterocycles. The second kappa shape index (κ2) is 7.97. The van der Waals surface area contributed by atoms with Gasteiger partial charge in [0.1, 0.15) is 18.1 Å². The second-order valence-corrected chi connectivity index (χ2v) is 4.44. The average molecular weight is 293 g/mol. The van der Waals surface area contributed by atoms with E-state index < -0.39 is 42.0 Å². The number of carbonyl (C=O) groups is 3. The Bertz CT molecular complexity index is 350. The third kappa shape index (κ3) is 5.90. The van der Waals surface area contributed by atoms with Crippen molar-refractivity contribution in [2.24, 2.45) is 5.73 Å². The maximum atomic E-state index is 11.6. The maximum absolute atomic E-state index is 11.6. The smallest absolute Gasteiger partial charge is 0.327 e. The Balaban J connectivity index is 4.42. The van der Waals surface area contributed by atoms with Gasteiger partial charge in [-0.05, 0) is 13.8 Å². The van der Waals surface area contributed by atoms with Crippen LogP contribution in [0.2, 0.25) is 0 Å². The first-order valence-electron chi connectivity index (χ1n) is 5.58. The molecule has 0 aliphatic rings. The minimum absolute atomic E-state index is 0.0745. The van der Waals surface area contributed by atoms with Crippen LogP contribution in [0.5, 0.6) is 0 Å². The molecule has 6 N–H and O–H groups in total. The Labute approximate surface area is 116 Å². The number of rotatable bonds is 7. The standard InChI is InChI=1S/C10H19N3O5S/c1-4(12-9(16)7(11)5(2)14)8(15)13-6(3-19)10(17)18/h4-7,14,19H,3,11H2,1-2H3,(H,12,16)(H,13,15)(H,17,18). The van der Waals surface area contributed by atoms with Crippen molar-refractivity contribution in [2.45, 2.75) is 38.1 Å². The second-order valence-electron chi connectivity index (χ2n) is 4.08. The van der Waals surface area contributed by atoms with Gasteiger partial charge in [-0.25, -0.2) is 4.79 Å². The Hall–Kier alpha value is -1.32. The third-order valence-corrected chi connectivity index (χ3v) is 2.74. The minimum Gasteiger partial charge on any atom is -0.480 e. The van der Waals surface area contributed by atoms with Crippen molar-refractivity contribution in [1.29, 1.82) is 0 Å². The molecule has 0 aromatic carbocycles. The zero-order valence-corrected chi connectivity index (χ0v) is 11.6. The molecule has 0 rings (SSSR count). The number of aliphatic hydroxyl groups excluding tert-OH is 1. The third-order valence-electron chi connectivity index (χ3n) is 2.37. The van der Waals surface area contributed by atoms with E-state index in [1.165, 1.54) is 13.8 Å². The molecule has 8 nitrogen and oxygen atoms in total. The molecule has 4 unspecified atom stereocenters. The number of carboxylic acid groups (broad SMARTS) is 1. The Morgan fingerprint density at radius 1 is 1.21 bits per heavy atom. The van der Waals surface area contributed by atoms with E-state index in [9.17, 15) is 14.4 Å². The molecule has 0 radical (unpaired) electrons. The predicted octanol–water partition coefficient (Wildman–Crippen LogP) is -2.30. The summed E-state index contributed by atoms with van der Waals surface area (Å²) in [6.07, 6.45) is -1.06. The molecule has 0 saturated heterocycles. The van der Waals surface area contributed by atoms with Crippen molar-refractivity contribution in [1.82, 2.24) is 10.6 Å². The lowest BCUT2D eigenvalue weighted by atomic mass is 10.1. The molecule has 0 aromatic heterocycles. The van der Waals surface area contributed by atoms with Gasteiger partial charge in [-0.2, -0.15) is 12.6 Å². The number of carboxylic acids is 1. The van der Waals surface area contributed by atoms with E-state index >= 15 is 0 Å². The molecular formula is C10H19N3O5S. The quantitative estimate of drug-likeness (QED) is 0.291. The lowest BCUT2D eigenvalue weighted by Gasteiger charge is -2.20. The van der Waals surface area contributed by atoms with E-state index in [4.69, 9.17) is 15.9 Å². The van der Waals surface area contributed by atoms with Gasteiger partial charge in [0, 0.05) is 5.75 Å². The predicted molar refractivity (Wildman–Crippen MR) is 70.7 cm³/mol. The number of aliphatic hydroxyl groups is 1. The van der Waals surface area contributed by atoms with E-state index in [0.29, 0.717) is 0 Å². The van der Waals surface area contributed by atoms with E-state index in [0.717, 1.165) is 0 Å². The Kier molecular flexibility index (Phi) is 7.42. The van der Waals surface area contributed by atoms with Gasteiger partial charge in [-0.15, -0.1) is 0 Å². The number of nitrogens with two attached hydrogens (primary N) is 1. The number of aliphatic carboxylic acids is 1. The van der Waals surface area contributed by atoms with Crippen molar-refractivity contribution in [3.05, 3.63) is 0 Å². The SMILES string of the molecule is CC(NC(=O)C(N)C(C)O)C(=O)NC(CS)C(=O)O. The molecule has 4 atom stereocenters. The number of nitrogens with one attached hydrogen (secondary N) is 2. The first-order valence-corrected chi connectivity index (χ1v) is 6.22. The molecular weight excluding hydrogens is 274 g/mol. The molecule has 0 fully saturated rings. The van der Waals surface area contributed by atoms with Gasteiger partial charge in [0.15, 0.2) is 0 Å². The van der Waals surface area contributed by atoms with Crippen LogP contribution in [0.4, 0.5) is 0 Å². The van der Waals surface area contributed by atoms with E-state index in [2.05, 4.69) is 23.3 Å². The fourth-order valence-electron chi connectivity index (χ4n) is 1.08. The molecule has 0 aliphatic carbocycles. The minimum atomic E-state index is -1.22. The fraction of sp³-hybridized carbons (Fsp3) is 0.700. The highest BCUT2D eigenvalue weighted by molar-refractivity contribution is 7.80. The van der Waals surface area contributed by atoms with Crippen molar-refractivity contribution in [2.75, 3.05) is 5.75 Å². The van der Waals surface area contributed by atoms with Crippen LogP contribution in [0, 0.1) is 0 Å². The van der Waals surface area contributed by atoms with Crippen LogP contribution in [0.25, 0.3) is 0 Å². The van der Waals surface area contributed by atoms with Crippen molar-refractivity contribution >= 4 is 30.4 Å². The summed E-state index contributed by atoms with van der Waals surface area (Å²) in [5.41, 5.74) is 5.38. The highest BCUT2D eigenvalue weighted by Crippen LogP contribution is 1.94. The molecule has 2 amide bonds. The zero-order valence-electron chi connectivity index (χ0n) is 10.7. The normalized spacial score (nSPS) is 16.9. The lowest BCUT2D eigenvalue weighted by Crippen LogP contribution is -2.55. The Morgan fingerprint density at radius 2 is 1.74 bits per heavy atom. The molecule has 0 spiro atoms. The first-order chi connectivity index (χ1) is 8.70. The van der Waals surface area contributed by atoms with Crippen LogP contribution in [0.1, 0.15) is 13.8 Å². The Morgan fingerprint density at radius 3 is 2.11 bits per heavy atom. The van der Waals surface area contributed by atoms with Crippen LogP contribution in [-0.2, 0) is 14.4 Å². The van der Waals surface area contributed by atoms with Crippen molar-refractivity contribution in [3.8, 4) is 0 Å². The summed E-state index contributed by atoms with van der Waals surface area (Å²) in [4.78, 5) is 33.8. The summed E-state index contributed by atoms with van der Waals surface area (Å²) >= 11 is 3.79. The van der Waals surface area contributed by atoms with Gasteiger partial charge in [-0.3, -0.25) is 9.59 Å². The van der Waals surface area contributed by atoms with Gasteiger partial charge in [0.25, 0.3) is 0 Å². The summed E-state index contributed by atoms with van der Waals surface area (Å²) in [7, 11) is 0. The first kappa shape index (κ1) is 17.7. The largest absolute Gasteiger partial charge is 0.480 e. The van der Waals surface area contributed by atoms with Crippen LogP contribution in [0.3, 0.4) is 0 Å². The topological polar surface area (TPSA) is 142 Å². The van der Waals surface area contributed by atoms with Gasteiger partial charge in [-0.1, -0.05) is 0 Å². The van der Waals surface area contributed by atoms with E-state index in [-0.39, 0.29) is 5.75 Å². The molecule has 110 valence electrons. The van der Waals surface area contributed by atoms with E-state index in [1.54, 1.807) is 0 Å². The lowest BCUT2D eigenvalue weighted by molar-refractivity contribution is -0.141. The van der Waals surface area contributed by atoms with Crippen LogP contribution < -0.4 is 16.4 Å². The summed E-state index contributed by atoms with van der Waals surface area (Å²) in [5, 5.41) is 22.3. The summed E-state index contributed by atoms with van der Waals surface area (Å²) < 4.78 is 0. The van der Waals surface area contributed by atoms with Gasteiger partial charge in [0.2, 0.25) is 11.8 Å². The summed E-state index contributed by atoms with van der Waals surface area (Å²) in [6.45, 7) is 2.72. The molecule has 9 heteroatoms. The highest BCUT2D eigenvalue weighted by atomic mass is 32.1. The summed E-state index contributed by atoms with van der Waals surface area (Å²) in [5.74, 6) is -2.67. The molecule has 19 heavy (non-hydrogen) atoms. The van der Waals surface area contributed by atoms with Gasteiger partial charge >= 0.3 is 5.97 Å². The molecule has 0 saturated carbocycles. The number of carbonyl (C=O) groups excluding carboxylic acids is 2. The zero-order chi connectivity index (χ0) is 15.2. The van der Waals surface area contributed by atoms with Crippen molar-refractivity contribution < 1.29 is 24.6 Å². The van der Waals surface area contributed by atoms with Crippen molar-refractivity contribution in [3.63, 3.8) is 0 Å². The molecule has 0 aromatic rings. The van der Waals surface area contributed by atoms with Gasteiger partial charge in [0.05, 0.1) is 6.10 Å². The monoisotopic (exact) mass is 293 g/mol.